The first-order chi connectivity index (χ1) is 16.0. The Kier molecular flexibility index (Phi) is 6.46. The number of aromatic nitrogens is 4. The Morgan fingerprint density at radius 3 is 2.30 bits per heavy atom. The largest absolute Gasteiger partial charge is 0.339 e. The highest BCUT2D eigenvalue weighted by molar-refractivity contribution is 6.35. The molecule has 5 rings (SSSR count). The summed E-state index contributed by atoms with van der Waals surface area (Å²) in [5.41, 5.74) is 4.14. The van der Waals surface area contributed by atoms with Crippen molar-refractivity contribution in [2.24, 2.45) is 0 Å². The summed E-state index contributed by atoms with van der Waals surface area (Å²) in [5.74, 6) is 1.52. The van der Waals surface area contributed by atoms with Crippen LogP contribution in [0.4, 0.5) is 0 Å². The van der Waals surface area contributed by atoms with Crippen molar-refractivity contribution in [3.05, 3.63) is 69.0 Å². The molecule has 0 spiro atoms. The fourth-order valence-electron chi connectivity index (χ4n) is 4.51. The molecule has 0 saturated heterocycles. The monoisotopic (exact) mass is 500 g/mol. The molecule has 0 amide bonds. The normalized spacial score (nSPS) is 15.0. The van der Waals surface area contributed by atoms with Gasteiger partial charge in [-0.3, -0.25) is 0 Å². The average Bonchev–Trinajstić information content (AvgIpc) is 3.30. The third-order valence-electron chi connectivity index (χ3n) is 6.24. The van der Waals surface area contributed by atoms with E-state index in [9.17, 15) is 0 Å². The second-order valence-electron chi connectivity index (χ2n) is 8.48. The lowest BCUT2D eigenvalue weighted by molar-refractivity contribution is 0.340. The van der Waals surface area contributed by atoms with Crippen molar-refractivity contribution in [2.75, 3.05) is 0 Å². The second kappa shape index (κ2) is 9.49. The molecule has 170 valence electrons. The summed E-state index contributed by atoms with van der Waals surface area (Å²) in [4.78, 5) is 4.77. The Hall–Kier alpha value is -2.34. The minimum atomic E-state index is 0.317. The van der Waals surface area contributed by atoms with E-state index in [1.54, 1.807) is 12.1 Å². The third-order valence-corrected chi connectivity index (χ3v) is 7.03. The van der Waals surface area contributed by atoms with Crippen molar-refractivity contribution >= 4 is 34.8 Å². The molecule has 5 nitrogen and oxygen atoms in total. The zero-order valence-electron chi connectivity index (χ0n) is 18.2. The summed E-state index contributed by atoms with van der Waals surface area (Å²) in [6, 6.07) is 13.0. The van der Waals surface area contributed by atoms with Crippen LogP contribution < -0.4 is 0 Å². The van der Waals surface area contributed by atoms with Crippen LogP contribution in [-0.4, -0.2) is 19.9 Å². The molecular formula is C25H23Cl3N4O. The first-order valence-corrected chi connectivity index (χ1v) is 12.3. The van der Waals surface area contributed by atoms with Gasteiger partial charge in [0.15, 0.2) is 0 Å². The zero-order chi connectivity index (χ0) is 22.9. The van der Waals surface area contributed by atoms with Crippen LogP contribution >= 0.6 is 34.8 Å². The lowest BCUT2D eigenvalue weighted by Gasteiger charge is -2.11. The molecule has 1 aliphatic rings. The number of benzene rings is 2. The van der Waals surface area contributed by atoms with Gasteiger partial charge in [-0.25, -0.2) is 4.68 Å². The van der Waals surface area contributed by atoms with Gasteiger partial charge in [0, 0.05) is 27.1 Å². The summed E-state index contributed by atoms with van der Waals surface area (Å²) in [6.45, 7) is 2.01. The first-order valence-electron chi connectivity index (χ1n) is 11.2. The lowest BCUT2D eigenvalue weighted by atomic mass is 10.0. The number of hydrogen-bond acceptors (Lipinski definition) is 4. The summed E-state index contributed by atoms with van der Waals surface area (Å²) in [7, 11) is 0. The minimum absolute atomic E-state index is 0.317. The molecule has 2 heterocycles. The molecule has 8 heteroatoms. The predicted molar refractivity (Wildman–Crippen MR) is 133 cm³/mol. The smallest absolute Gasteiger partial charge is 0.230 e. The Morgan fingerprint density at radius 1 is 0.909 bits per heavy atom. The fourth-order valence-corrected chi connectivity index (χ4v) is 5.12. The lowest BCUT2D eigenvalue weighted by Crippen LogP contribution is -2.01. The number of rotatable bonds is 4. The Bertz CT molecular complexity index is 1270. The van der Waals surface area contributed by atoms with Gasteiger partial charge in [0.05, 0.1) is 16.4 Å². The maximum absolute atomic E-state index is 6.56. The Morgan fingerprint density at radius 2 is 1.61 bits per heavy atom. The van der Waals surface area contributed by atoms with Crippen molar-refractivity contribution in [3.8, 4) is 28.5 Å². The van der Waals surface area contributed by atoms with E-state index in [2.05, 4.69) is 5.16 Å². The minimum Gasteiger partial charge on any atom is -0.339 e. The summed E-state index contributed by atoms with van der Waals surface area (Å²) in [6.07, 6.45) is 7.12. The van der Waals surface area contributed by atoms with Crippen LogP contribution in [0.15, 0.2) is 47.0 Å². The Balaban J connectivity index is 1.63. The molecule has 1 aliphatic carbocycles. The van der Waals surface area contributed by atoms with Gasteiger partial charge in [0.2, 0.25) is 11.7 Å². The van der Waals surface area contributed by atoms with Gasteiger partial charge in [0.1, 0.15) is 5.69 Å². The van der Waals surface area contributed by atoms with Crippen LogP contribution in [0.3, 0.4) is 0 Å². The number of nitrogens with zero attached hydrogens (tertiary/aromatic N) is 4. The topological polar surface area (TPSA) is 56.7 Å². The van der Waals surface area contributed by atoms with Gasteiger partial charge in [-0.2, -0.15) is 10.1 Å². The van der Waals surface area contributed by atoms with Gasteiger partial charge in [-0.05, 0) is 50.1 Å². The highest BCUT2D eigenvalue weighted by Gasteiger charge is 2.26. The van der Waals surface area contributed by atoms with E-state index < -0.39 is 0 Å². The fraction of sp³-hybridized carbons (Fsp3) is 0.320. The maximum Gasteiger partial charge on any atom is 0.230 e. The van der Waals surface area contributed by atoms with Crippen LogP contribution in [-0.2, 0) is 0 Å². The average molecular weight is 502 g/mol. The molecule has 0 N–H and O–H groups in total. The Labute approximate surface area is 207 Å². The van der Waals surface area contributed by atoms with Gasteiger partial charge >= 0.3 is 0 Å². The number of halogens is 3. The SMILES string of the molecule is Cc1c(-c2noc(C3CCCCCC3)n2)nn(-c2ccc(Cl)cc2Cl)c1-c1ccc(Cl)cc1. The van der Waals surface area contributed by atoms with E-state index in [-0.39, 0.29) is 0 Å². The van der Waals surface area contributed by atoms with E-state index in [4.69, 9.17) is 49.4 Å². The van der Waals surface area contributed by atoms with Gasteiger partial charge in [-0.1, -0.05) is 77.8 Å². The zero-order valence-corrected chi connectivity index (χ0v) is 20.5. The molecular weight excluding hydrogens is 479 g/mol. The van der Waals surface area contributed by atoms with Crippen molar-refractivity contribution in [2.45, 2.75) is 51.4 Å². The maximum atomic E-state index is 6.56. The molecule has 0 aliphatic heterocycles. The van der Waals surface area contributed by atoms with Crippen LogP contribution in [0.25, 0.3) is 28.5 Å². The van der Waals surface area contributed by atoms with Crippen molar-refractivity contribution in [3.63, 3.8) is 0 Å². The molecule has 4 aromatic rings. The highest BCUT2D eigenvalue weighted by Crippen LogP contribution is 2.37. The molecule has 2 aromatic heterocycles. The first kappa shape index (κ1) is 22.5. The van der Waals surface area contributed by atoms with E-state index in [0.29, 0.717) is 44.1 Å². The van der Waals surface area contributed by atoms with E-state index in [1.807, 2.05) is 41.9 Å². The van der Waals surface area contributed by atoms with Gasteiger partial charge in [-0.15, -0.1) is 0 Å². The molecule has 0 bridgehead atoms. The van der Waals surface area contributed by atoms with Crippen LogP contribution in [0.1, 0.15) is 55.9 Å². The van der Waals surface area contributed by atoms with Gasteiger partial charge in [0.25, 0.3) is 0 Å². The molecule has 0 atom stereocenters. The number of hydrogen-bond donors (Lipinski definition) is 0. The van der Waals surface area contributed by atoms with E-state index in [1.165, 1.54) is 25.7 Å². The van der Waals surface area contributed by atoms with Crippen LogP contribution in [0, 0.1) is 6.92 Å². The van der Waals surface area contributed by atoms with Crippen molar-refractivity contribution < 1.29 is 4.52 Å². The quantitative estimate of drug-likeness (QED) is 0.264. The molecule has 33 heavy (non-hydrogen) atoms. The predicted octanol–water partition coefficient (Wildman–Crippen LogP) is 8.30. The van der Waals surface area contributed by atoms with Crippen LogP contribution in [0.5, 0.6) is 0 Å². The third kappa shape index (κ3) is 4.54. The summed E-state index contributed by atoms with van der Waals surface area (Å²) in [5, 5.41) is 10.9. The standard InChI is InChI=1S/C25H23Cl3N4O/c1-15-22(24-29-25(33-31-24)17-6-4-2-3-5-7-17)30-32(21-13-12-19(27)14-20(21)28)23(15)16-8-10-18(26)11-9-16/h8-14,17H,2-7H2,1H3. The second-order valence-corrected chi connectivity index (χ2v) is 9.76. The molecule has 2 aromatic carbocycles. The van der Waals surface area contributed by atoms with Gasteiger partial charge < -0.3 is 4.52 Å². The van der Waals surface area contributed by atoms with Crippen LogP contribution in [0.2, 0.25) is 15.1 Å². The summed E-state index contributed by atoms with van der Waals surface area (Å²) < 4.78 is 7.53. The van der Waals surface area contributed by atoms with E-state index in [0.717, 1.165) is 29.7 Å². The van der Waals surface area contributed by atoms with E-state index >= 15 is 0 Å². The van der Waals surface area contributed by atoms with Crippen molar-refractivity contribution in [1.29, 1.82) is 0 Å². The summed E-state index contributed by atoms with van der Waals surface area (Å²) >= 11 is 18.8. The molecule has 1 saturated carbocycles. The molecule has 0 radical (unpaired) electrons. The highest BCUT2D eigenvalue weighted by atomic mass is 35.5. The van der Waals surface area contributed by atoms with Crippen molar-refractivity contribution in [1.82, 2.24) is 19.9 Å². The molecule has 1 fully saturated rings. The molecule has 0 unspecified atom stereocenters.